The molecule has 0 heterocycles. The number of rotatable bonds is 2. The molecule has 0 spiro atoms. The van der Waals surface area contributed by atoms with Crippen molar-refractivity contribution in [3.8, 4) is 0 Å². The van der Waals surface area contributed by atoms with Gasteiger partial charge in [0.25, 0.3) is 0 Å². The van der Waals surface area contributed by atoms with E-state index in [-0.39, 0.29) is 10.6 Å². The maximum atomic E-state index is 11.1. The standard InChI is InChI=1S/C10H12BrNO/c1-6-5-8(3-4-9(6)12)10(11)7(2)13/h3-5,10H,12H2,1-2H3. The van der Waals surface area contributed by atoms with Crippen LogP contribution in [-0.2, 0) is 4.79 Å². The molecule has 1 aromatic rings. The summed E-state index contributed by atoms with van der Waals surface area (Å²) in [6.07, 6.45) is 0. The van der Waals surface area contributed by atoms with E-state index in [0.717, 1.165) is 16.8 Å². The molecule has 3 heteroatoms. The first-order chi connectivity index (χ1) is 6.02. The van der Waals surface area contributed by atoms with Gasteiger partial charge in [-0.15, -0.1) is 0 Å². The molecule has 13 heavy (non-hydrogen) atoms. The van der Waals surface area contributed by atoms with E-state index in [1.807, 2.05) is 25.1 Å². The van der Waals surface area contributed by atoms with Crippen molar-refractivity contribution in [2.24, 2.45) is 0 Å². The second-order valence-corrected chi connectivity index (χ2v) is 4.00. The van der Waals surface area contributed by atoms with Crippen LogP contribution in [-0.4, -0.2) is 5.78 Å². The van der Waals surface area contributed by atoms with E-state index >= 15 is 0 Å². The molecule has 0 saturated heterocycles. The van der Waals surface area contributed by atoms with Crippen LogP contribution in [0.4, 0.5) is 5.69 Å². The van der Waals surface area contributed by atoms with E-state index in [0.29, 0.717) is 0 Å². The van der Waals surface area contributed by atoms with Crippen LogP contribution in [0.25, 0.3) is 0 Å². The number of carbonyl (C=O) groups is 1. The molecule has 0 fully saturated rings. The molecule has 0 amide bonds. The number of nitrogen functional groups attached to an aromatic ring is 1. The van der Waals surface area contributed by atoms with Crippen LogP contribution in [0, 0.1) is 6.92 Å². The quantitative estimate of drug-likeness (QED) is 0.639. The third-order valence-corrected chi connectivity index (χ3v) is 3.12. The first-order valence-corrected chi connectivity index (χ1v) is 4.94. The monoisotopic (exact) mass is 241 g/mol. The molecule has 0 aliphatic rings. The van der Waals surface area contributed by atoms with Gasteiger partial charge < -0.3 is 5.73 Å². The fourth-order valence-corrected chi connectivity index (χ4v) is 1.38. The number of hydrogen-bond donors (Lipinski definition) is 1. The Bertz CT molecular complexity index is 336. The van der Waals surface area contributed by atoms with E-state index in [2.05, 4.69) is 15.9 Å². The smallest absolute Gasteiger partial charge is 0.147 e. The topological polar surface area (TPSA) is 43.1 Å². The highest BCUT2D eigenvalue weighted by atomic mass is 79.9. The SMILES string of the molecule is CC(=O)C(Br)c1ccc(N)c(C)c1. The molecule has 0 aliphatic carbocycles. The highest BCUT2D eigenvalue weighted by molar-refractivity contribution is 9.09. The second-order valence-electron chi connectivity index (χ2n) is 3.09. The molecular formula is C10H12BrNO. The first kappa shape index (κ1) is 10.3. The van der Waals surface area contributed by atoms with E-state index < -0.39 is 0 Å². The van der Waals surface area contributed by atoms with Crippen LogP contribution in [0.1, 0.15) is 22.9 Å². The molecule has 2 N–H and O–H groups in total. The summed E-state index contributed by atoms with van der Waals surface area (Å²) in [5.74, 6) is 0.101. The number of hydrogen-bond acceptors (Lipinski definition) is 2. The van der Waals surface area contributed by atoms with Crippen LogP contribution in [0.2, 0.25) is 0 Å². The number of nitrogens with two attached hydrogens (primary N) is 1. The highest BCUT2D eigenvalue weighted by Crippen LogP contribution is 2.26. The summed E-state index contributed by atoms with van der Waals surface area (Å²) in [5, 5.41) is 0. The van der Waals surface area contributed by atoms with E-state index in [9.17, 15) is 4.79 Å². The van der Waals surface area contributed by atoms with E-state index in [1.165, 1.54) is 0 Å². The Labute approximate surface area is 86.3 Å². The van der Waals surface area contributed by atoms with Crippen LogP contribution in [0.3, 0.4) is 0 Å². The lowest BCUT2D eigenvalue weighted by Gasteiger charge is -2.08. The average Bonchev–Trinajstić information content (AvgIpc) is 2.08. The van der Waals surface area contributed by atoms with Gasteiger partial charge in [-0.05, 0) is 31.0 Å². The molecule has 1 unspecified atom stereocenters. The molecule has 0 aromatic heterocycles. The normalized spacial score (nSPS) is 12.5. The molecule has 1 atom stereocenters. The summed E-state index contributed by atoms with van der Waals surface area (Å²) < 4.78 is 0. The highest BCUT2D eigenvalue weighted by Gasteiger charge is 2.12. The Morgan fingerprint density at radius 2 is 2.15 bits per heavy atom. The Morgan fingerprint density at radius 3 is 2.62 bits per heavy atom. The number of carbonyl (C=O) groups excluding carboxylic acids is 1. The molecule has 0 radical (unpaired) electrons. The zero-order chi connectivity index (χ0) is 10.0. The van der Waals surface area contributed by atoms with Gasteiger partial charge in [-0.1, -0.05) is 28.1 Å². The summed E-state index contributed by atoms with van der Waals surface area (Å²) in [5.41, 5.74) is 8.38. The third-order valence-electron chi connectivity index (χ3n) is 1.94. The summed E-state index contributed by atoms with van der Waals surface area (Å²) >= 11 is 3.32. The van der Waals surface area contributed by atoms with Crippen molar-refractivity contribution in [3.05, 3.63) is 29.3 Å². The number of benzene rings is 1. The van der Waals surface area contributed by atoms with E-state index in [4.69, 9.17) is 5.73 Å². The lowest BCUT2D eigenvalue weighted by atomic mass is 10.1. The predicted molar refractivity (Wildman–Crippen MR) is 57.9 cm³/mol. The molecular weight excluding hydrogens is 230 g/mol. The van der Waals surface area contributed by atoms with Gasteiger partial charge in [0.15, 0.2) is 0 Å². The number of ketones is 1. The van der Waals surface area contributed by atoms with Crippen LogP contribution in [0.15, 0.2) is 18.2 Å². The van der Waals surface area contributed by atoms with Gasteiger partial charge in [0.1, 0.15) is 5.78 Å². The minimum atomic E-state index is -0.216. The van der Waals surface area contributed by atoms with Crippen molar-refractivity contribution in [2.45, 2.75) is 18.7 Å². The van der Waals surface area contributed by atoms with Gasteiger partial charge in [-0.25, -0.2) is 0 Å². The minimum absolute atomic E-state index is 0.101. The molecule has 1 aromatic carbocycles. The summed E-state index contributed by atoms with van der Waals surface area (Å²) in [7, 11) is 0. The molecule has 0 saturated carbocycles. The molecule has 2 nitrogen and oxygen atoms in total. The fourth-order valence-electron chi connectivity index (χ4n) is 1.09. The Hall–Kier alpha value is -0.830. The molecule has 70 valence electrons. The van der Waals surface area contributed by atoms with Gasteiger partial charge >= 0.3 is 0 Å². The van der Waals surface area contributed by atoms with Crippen molar-refractivity contribution in [3.63, 3.8) is 0 Å². The Morgan fingerprint density at radius 1 is 1.54 bits per heavy atom. The van der Waals surface area contributed by atoms with Crippen LogP contribution in [0.5, 0.6) is 0 Å². The largest absolute Gasteiger partial charge is 0.399 e. The van der Waals surface area contributed by atoms with Gasteiger partial charge in [0, 0.05) is 5.69 Å². The van der Waals surface area contributed by atoms with E-state index in [1.54, 1.807) is 6.92 Å². The third kappa shape index (κ3) is 2.31. The van der Waals surface area contributed by atoms with Crippen LogP contribution >= 0.6 is 15.9 Å². The van der Waals surface area contributed by atoms with Gasteiger partial charge in [0.05, 0.1) is 4.83 Å². The van der Waals surface area contributed by atoms with Gasteiger partial charge in [0.2, 0.25) is 0 Å². The van der Waals surface area contributed by atoms with Crippen LogP contribution < -0.4 is 5.73 Å². The second kappa shape index (κ2) is 3.92. The minimum Gasteiger partial charge on any atom is -0.399 e. The molecule has 0 bridgehead atoms. The van der Waals surface area contributed by atoms with Gasteiger partial charge in [-0.3, -0.25) is 4.79 Å². The first-order valence-electron chi connectivity index (χ1n) is 4.03. The number of alkyl halides is 1. The lowest BCUT2D eigenvalue weighted by molar-refractivity contribution is -0.116. The average molecular weight is 242 g/mol. The van der Waals surface area contributed by atoms with Crippen molar-refractivity contribution >= 4 is 27.4 Å². The Balaban J connectivity index is 3.03. The summed E-state index contributed by atoms with van der Waals surface area (Å²) in [4.78, 5) is 10.8. The van der Waals surface area contributed by atoms with Crippen molar-refractivity contribution in [1.29, 1.82) is 0 Å². The summed E-state index contributed by atoms with van der Waals surface area (Å²) in [6, 6.07) is 5.61. The molecule has 0 aliphatic heterocycles. The van der Waals surface area contributed by atoms with Crippen molar-refractivity contribution < 1.29 is 4.79 Å². The van der Waals surface area contributed by atoms with Crippen molar-refractivity contribution in [2.75, 3.05) is 5.73 Å². The predicted octanol–water partition coefficient (Wildman–Crippen LogP) is 2.60. The number of halogens is 1. The fraction of sp³-hybridized carbons (Fsp3) is 0.300. The van der Waals surface area contributed by atoms with Crippen molar-refractivity contribution in [1.82, 2.24) is 0 Å². The number of anilines is 1. The van der Waals surface area contributed by atoms with Gasteiger partial charge in [-0.2, -0.15) is 0 Å². The zero-order valence-corrected chi connectivity index (χ0v) is 9.26. The lowest BCUT2D eigenvalue weighted by Crippen LogP contribution is -2.02. The maximum absolute atomic E-state index is 11.1. The maximum Gasteiger partial charge on any atom is 0.147 e. The number of aryl methyl sites for hydroxylation is 1. The summed E-state index contributed by atoms with van der Waals surface area (Å²) in [6.45, 7) is 3.49. The number of Topliss-reactive ketones (excluding diaryl/α,β-unsaturated/α-hetero) is 1. The Kier molecular flexibility index (Phi) is 3.09. The zero-order valence-electron chi connectivity index (χ0n) is 7.67. The molecule has 1 rings (SSSR count).